The van der Waals surface area contributed by atoms with Crippen molar-refractivity contribution < 1.29 is 19.1 Å². The number of amides is 2. The Kier molecular flexibility index (Phi) is 4.65. The van der Waals surface area contributed by atoms with Gasteiger partial charge in [-0.25, -0.2) is 0 Å². The van der Waals surface area contributed by atoms with Crippen molar-refractivity contribution in [3.63, 3.8) is 0 Å². The minimum atomic E-state index is -0.456. The van der Waals surface area contributed by atoms with E-state index in [2.05, 4.69) is 10.6 Å². The van der Waals surface area contributed by atoms with E-state index < -0.39 is 6.04 Å². The molecule has 2 amide bonds. The quantitative estimate of drug-likeness (QED) is 0.886. The molecule has 124 valence electrons. The van der Waals surface area contributed by atoms with Crippen LogP contribution in [0.1, 0.15) is 12.8 Å². The van der Waals surface area contributed by atoms with Gasteiger partial charge in [0, 0.05) is 12.1 Å². The Balaban J connectivity index is 1.63. The zero-order valence-corrected chi connectivity index (χ0v) is 13.2. The molecule has 3 rings (SSSR count). The molecule has 0 saturated carbocycles. The van der Waals surface area contributed by atoms with E-state index in [1.807, 2.05) is 24.3 Å². The van der Waals surface area contributed by atoms with E-state index in [0.717, 1.165) is 0 Å². The first-order valence-corrected chi connectivity index (χ1v) is 7.67. The van der Waals surface area contributed by atoms with E-state index in [1.165, 1.54) is 0 Å². The number of anilines is 1. The maximum atomic E-state index is 12.0. The molecule has 0 bridgehead atoms. The van der Waals surface area contributed by atoms with Gasteiger partial charge in [0.15, 0.2) is 11.5 Å². The predicted octanol–water partition coefficient (Wildman–Crippen LogP) is 2.70. The molecule has 6 nitrogen and oxygen atoms in total. The molecule has 1 atom stereocenters. The van der Waals surface area contributed by atoms with E-state index in [4.69, 9.17) is 9.47 Å². The zero-order chi connectivity index (χ0) is 16.9. The summed E-state index contributed by atoms with van der Waals surface area (Å²) in [7, 11) is 1.59. The second kappa shape index (κ2) is 7.04. The van der Waals surface area contributed by atoms with Crippen molar-refractivity contribution >= 4 is 17.5 Å². The molecule has 24 heavy (non-hydrogen) atoms. The van der Waals surface area contributed by atoms with E-state index in [0.29, 0.717) is 35.8 Å². The van der Waals surface area contributed by atoms with Crippen molar-refractivity contribution in [2.45, 2.75) is 18.9 Å². The fourth-order valence-corrected chi connectivity index (χ4v) is 2.48. The standard InChI is InChI=1S/C18H18N2O4/c1-23-15-4-2-3-5-16(15)24-13-8-6-12(7-9-13)19-18(22)14-10-11-17(21)20-14/h2-9,14H,10-11H2,1H3,(H,19,22)(H,20,21). The highest BCUT2D eigenvalue weighted by Gasteiger charge is 2.27. The second-order valence-corrected chi connectivity index (χ2v) is 5.43. The first-order valence-electron chi connectivity index (χ1n) is 7.67. The van der Waals surface area contributed by atoms with Gasteiger partial charge in [0.2, 0.25) is 11.8 Å². The molecule has 0 aliphatic carbocycles. The zero-order valence-electron chi connectivity index (χ0n) is 13.2. The van der Waals surface area contributed by atoms with Gasteiger partial charge in [-0.05, 0) is 42.8 Å². The number of carbonyl (C=O) groups is 2. The summed E-state index contributed by atoms with van der Waals surface area (Å²) in [5, 5.41) is 5.43. The molecular formula is C18H18N2O4. The van der Waals surface area contributed by atoms with Gasteiger partial charge in [-0.15, -0.1) is 0 Å². The summed E-state index contributed by atoms with van der Waals surface area (Å²) in [5.74, 6) is 1.60. The Morgan fingerprint density at radius 2 is 1.83 bits per heavy atom. The molecule has 1 fully saturated rings. The van der Waals surface area contributed by atoms with Crippen LogP contribution in [0.2, 0.25) is 0 Å². The Labute approximate surface area is 139 Å². The lowest BCUT2D eigenvalue weighted by Gasteiger charge is -2.12. The lowest BCUT2D eigenvalue weighted by Crippen LogP contribution is -2.37. The maximum Gasteiger partial charge on any atom is 0.246 e. The molecule has 1 saturated heterocycles. The van der Waals surface area contributed by atoms with Gasteiger partial charge < -0.3 is 20.1 Å². The van der Waals surface area contributed by atoms with Gasteiger partial charge >= 0.3 is 0 Å². The van der Waals surface area contributed by atoms with Gasteiger partial charge in [-0.2, -0.15) is 0 Å². The SMILES string of the molecule is COc1ccccc1Oc1ccc(NC(=O)C2CCC(=O)N2)cc1. The Bertz CT molecular complexity index is 743. The average Bonchev–Trinajstić information content (AvgIpc) is 3.04. The third kappa shape index (κ3) is 3.65. The average molecular weight is 326 g/mol. The molecule has 1 aliphatic rings. The predicted molar refractivity (Wildman–Crippen MR) is 89.3 cm³/mol. The van der Waals surface area contributed by atoms with Crippen molar-refractivity contribution in [2.75, 3.05) is 12.4 Å². The van der Waals surface area contributed by atoms with Crippen LogP contribution in [-0.4, -0.2) is 25.0 Å². The number of hydrogen-bond donors (Lipinski definition) is 2. The lowest BCUT2D eigenvalue weighted by molar-refractivity contribution is -0.122. The fraction of sp³-hybridized carbons (Fsp3) is 0.222. The highest BCUT2D eigenvalue weighted by molar-refractivity contribution is 5.98. The van der Waals surface area contributed by atoms with Crippen LogP contribution in [0, 0.1) is 0 Å². The number of ether oxygens (including phenoxy) is 2. The normalized spacial score (nSPS) is 16.4. The number of carbonyl (C=O) groups excluding carboxylic acids is 2. The molecule has 1 aliphatic heterocycles. The van der Waals surface area contributed by atoms with Crippen LogP contribution in [-0.2, 0) is 9.59 Å². The van der Waals surface area contributed by atoms with Crippen LogP contribution in [0.3, 0.4) is 0 Å². The summed E-state index contributed by atoms with van der Waals surface area (Å²) < 4.78 is 11.0. The smallest absolute Gasteiger partial charge is 0.246 e. The number of benzene rings is 2. The minimum Gasteiger partial charge on any atom is -0.493 e. The molecular weight excluding hydrogens is 308 g/mol. The molecule has 2 N–H and O–H groups in total. The number of hydrogen-bond acceptors (Lipinski definition) is 4. The largest absolute Gasteiger partial charge is 0.493 e. The van der Waals surface area contributed by atoms with Gasteiger partial charge in [-0.3, -0.25) is 9.59 Å². The molecule has 6 heteroatoms. The van der Waals surface area contributed by atoms with E-state index in [9.17, 15) is 9.59 Å². The summed E-state index contributed by atoms with van der Waals surface area (Å²) in [6, 6.07) is 13.9. The van der Waals surface area contributed by atoms with Gasteiger partial charge in [0.05, 0.1) is 7.11 Å². The number of para-hydroxylation sites is 2. The van der Waals surface area contributed by atoms with Crippen molar-refractivity contribution in [2.24, 2.45) is 0 Å². The van der Waals surface area contributed by atoms with Crippen LogP contribution in [0.15, 0.2) is 48.5 Å². The van der Waals surface area contributed by atoms with Gasteiger partial charge in [0.25, 0.3) is 0 Å². The van der Waals surface area contributed by atoms with Crippen molar-refractivity contribution in [3.05, 3.63) is 48.5 Å². The Morgan fingerprint density at radius 1 is 1.12 bits per heavy atom. The summed E-state index contributed by atoms with van der Waals surface area (Å²) in [6.07, 6.45) is 0.920. The number of methoxy groups -OCH3 is 1. The van der Waals surface area contributed by atoms with Crippen LogP contribution in [0.4, 0.5) is 5.69 Å². The van der Waals surface area contributed by atoms with E-state index >= 15 is 0 Å². The summed E-state index contributed by atoms with van der Waals surface area (Å²) in [5.41, 5.74) is 0.647. The van der Waals surface area contributed by atoms with Gasteiger partial charge in [-0.1, -0.05) is 12.1 Å². The first-order chi connectivity index (χ1) is 11.7. The third-order valence-corrected chi connectivity index (χ3v) is 3.73. The first kappa shape index (κ1) is 15.9. The van der Waals surface area contributed by atoms with Crippen molar-refractivity contribution in [1.82, 2.24) is 5.32 Å². The number of rotatable bonds is 5. The second-order valence-electron chi connectivity index (χ2n) is 5.43. The van der Waals surface area contributed by atoms with Gasteiger partial charge in [0.1, 0.15) is 11.8 Å². The summed E-state index contributed by atoms with van der Waals surface area (Å²) in [4.78, 5) is 23.2. The molecule has 1 heterocycles. The van der Waals surface area contributed by atoms with E-state index in [1.54, 1.807) is 31.4 Å². The number of nitrogens with one attached hydrogen (secondary N) is 2. The highest BCUT2D eigenvalue weighted by Crippen LogP contribution is 2.31. The molecule has 2 aromatic carbocycles. The Hall–Kier alpha value is -3.02. The topological polar surface area (TPSA) is 76.7 Å². The van der Waals surface area contributed by atoms with Crippen LogP contribution in [0.25, 0.3) is 0 Å². The van der Waals surface area contributed by atoms with Crippen LogP contribution >= 0.6 is 0 Å². The third-order valence-electron chi connectivity index (χ3n) is 3.73. The Morgan fingerprint density at radius 3 is 2.46 bits per heavy atom. The summed E-state index contributed by atoms with van der Waals surface area (Å²) in [6.45, 7) is 0. The summed E-state index contributed by atoms with van der Waals surface area (Å²) >= 11 is 0. The molecule has 1 unspecified atom stereocenters. The maximum absolute atomic E-state index is 12.0. The highest BCUT2D eigenvalue weighted by atomic mass is 16.5. The van der Waals surface area contributed by atoms with Crippen LogP contribution < -0.4 is 20.1 Å². The lowest BCUT2D eigenvalue weighted by atomic mass is 10.2. The van der Waals surface area contributed by atoms with Crippen molar-refractivity contribution in [1.29, 1.82) is 0 Å². The molecule has 0 spiro atoms. The van der Waals surface area contributed by atoms with E-state index in [-0.39, 0.29) is 11.8 Å². The van der Waals surface area contributed by atoms with Crippen LogP contribution in [0.5, 0.6) is 17.2 Å². The molecule has 2 aromatic rings. The minimum absolute atomic E-state index is 0.0873. The van der Waals surface area contributed by atoms with Crippen molar-refractivity contribution in [3.8, 4) is 17.2 Å². The fourth-order valence-electron chi connectivity index (χ4n) is 2.48. The monoisotopic (exact) mass is 326 g/mol. The molecule has 0 aromatic heterocycles. The molecule has 0 radical (unpaired) electrons.